The molecule has 17 heavy (non-hydrogen) atoms. The SMILES string of the molecule is Cc1oc2cc(O)c(O)cc2c(=O)c1C(=O)O. The van der Waals surface area contributed by atoms with Crippen LogP contribution in [0.15, 0.2) is 21.3 Å². The highest BCUT2D eigenvalue weighted by Gasteiger charge is 2.18. The molecule has 2 rings (SSSR count). The third-order valence-corrected chi connectivity index (χ3v) is 2.38. The lowest BCUT2D eigenvalue weighted by atomic mass is 10.1. The molecule has 1 aromatic carbocycles. The van der Waals surface area contributed by atoms with E-state index in [2.05, 4.69) is 0 Å². The summed E-state index contributed by atoms with van der Waals surface area (Å²) in [6, 6.07) is 2.03. The van der Waals surface area contributed by atoms with Gasteiger partial charge in [-0.2, -0.15) is 0 Å². The zero-order chi connectivity index (χ0) is 12.7. The molecule has 0 bridgehead atoms. The molecule has 6 nitrogen and oxygen atoms in total. The topological polar surface area (TPSA) is 108 Å². The maximum absolute atomic E-state index is 11.8. The van der Waals surface area contributed by atoms with Crippen LogP contribution in [0.5, 0.6) is 11.5 Å². The molecule has 2 aromatic rings. The van der Waals surface area contributed by atoms with Gasteiger partial charge < -0.3 is 19.7 Å². The molecule has 0 aliphatic rings. The molecule has 0 fully saturated rings. The van der Waals surface area contributed by atoms with E-state index in [-0.39, 0.29) is 16.7 Å². The average Bonchev–Trinajstić information content (AvgIpc) is 2.21. The van der Waals surface area contributed by atoms with Gasteiger partial charge in [0.2, 0.25) is 5.43 Å². The van der Waals surface area contributed by atoms with Crippen LogP contribution in [-0.2, 0) is 0 Å². The van der Waals surface area contributed by atoms with E-state index < -0.39 is 28.5 Å². The summed E-state index contributed by atoms with van der Waals surface area (Å²) in [7, 11) is 0. The zero-order valence-electron chi connectivity index (χ0n) is 8.72. The van der Waals surface area contributed by atoms with Crippen molar-refractivity contribution in [1.82, 2.24) is 0 Å². The number of hydrogen-bond donors (Lipinski definition) is 3. The van der Waals surface area contributed by atoms with Crippen LogP contribution in [0.2, 0.25) is 0 Å². The Morgan fingerprint density at radius 1 is 1.24 bits per heavy atom. The first-order valence-electron chi connectivity index (χ1n) is 4.64. The quantitative estimate of drug-likeness (QED) is 0.642. The molecule has 0 aliphatic heterocycles. The van der Waals surface area contributed by atoms with Gasteiger partial charge in [0.15, 0.2) is 11.5 Å². The molecule has 0 amide bonds. The predicted octanol–water partition coefficient (Wildman–Crippen LogP) is 1.21. The zero-order valence-corrected chi connectivity index (χ0v) is 8.72. The lowest BCUT2D eigenvalue weighted by Crippen LogP contribution is -2.16. The molecule has 0 aliphatic carbocycles. The lowest BCUT2D eigenvalue weighted by molar-refractivity contribution is 0.0692. The second kappa shape index (κ2) is 3.51. The monoisotopic (exact) mass is 236 g/mol. The summed E-state index contributed by atoms with van der Waals surface area (Å²) in [5.41, 5.74) is -1.22. The summed E-state index contributed by atoms with van der Waals surface area (Å²) >= 11 is 0. The van der Waals surface area contributed by atoms with Gasteiger partial charge in [-0.25, -0.2) is 4.79 Å². The molecule has 6 heteroatoms. The summed E-state index contributed by atoms with van der Waals surface area (Å²) in [6.45, 7) is 1.34. The number of carboxylic acids is 1. The molecular formula is C11H8O6. The first kappa shape index (κ1) is 11.0. The van der Waals surface area contributed by atoms with Crippen molar-refractivity contribution in [2.45, 2.75) is 6.92 Å². The van der Waals surface area contributed by atoms with Gasteiger partial charge in [-0.3, -0.25) is 4.79 Å². The molecule has 1 aromatic heterocycles. The highest BCUT2D eigenvalue weighted by molar-refractivity contribution is 5.93. The number of phenols is 2. The average molecular weight is 236 g/mol. The molecule has 0 atom stereocenters. The Morgan fingerprint density at radius 3 is 2.41 bits per heavy atom. The summed E-state index contributed by atoms with van der Waals surface area (Å²) in [6.07, 6.45) is 0. The number of aromatic hydroxyl groups is 2. The van der Waals surface area contributed by atoms with Crippen LogP contribution in [0.4, 0.5) is 0 Å². The Hall–Kier alpha value is -2.50. The summed E-state index contributed by atoms with van der Waals surface area (Å²) in [5, 5.41) is 27.3. The number of carboxylic acid groups (broad SMARTS) is 1. The maximum Gasteiger partial charge on any atom is 0.343 e. The van der Waals surface area contributed by atoms with Crippen molar-refractivity contribution in [3.63, 3.8) is 0 Å². The standard InChI is InChI=1S/C11H8O6/c1-4-9(11(15)16)10(14)5-2-6(12)7(13)3-8(5)17-4/h2-3,12-13H,1H3,(H,15,16). The third-order valence-electron chi connectivity index (χ3n) is 2.38. The molecular weight excluding hydrogens is 228 g/mol. The molecule has 0 radical (unpaired) electrons. The number of aromatic carboxylic acids is 1. The minimum absolute atomic E-state index is 0.0211. The molecule has 1 heterocycles. The number of benzene rings is 1. The van der Waals surface area contributed by atoms with Crippen LogP contribution in [0, 0.1) is 6.92 Å². The number of rotatable bonds is 1. The molecule has 0 spiro atoms. The van der Waals surface area contributed by atoms with Crippen molar-refractivity contribution < 1.29 is 24.5 Å². The van der Waals surface area contributed by atoms with Gasteiger partial charge in [0.1, 0.15) is 16.9 Å². The van der Waals surface area contributed by atoms with Crippen molar-refractivity contribution in [1.29, 1.82) is 0 Å². The van der Waals surface area contributed by atoms with E-state index in [0.29, 0.717) is 0 Å². The molecule has 0 saturated carbocycles. The van der Waals surface area contributed by atoms with Crippen molar-refractivity contribution in [2.24, 2.45) is 0 Å². The molecule has 0 saturated heterocycles. The number of aryl methyl sites for hydroxylation is 1. The Kier molecular flexibility index (Phi) is 2.27. The predicted molar refractivity (Wildman–Crippen MR) is 57.5 cm³/mol. The molecule has 3 N–H and O–H groups in total. The van der Waals surface area contributed by atoms with E-state index in [4.69, 9.17) is 9.52 Å². The maximum atomic E-state index is 11.8. The Morgan fingerprint density at radius 2 is 1.82 bits per heavy atom. The van der Waals surface area contributed by atoms with E-state index in [1.807, 2.05) is 0 Å². The van der Waals surface area contributed by atoms with Crippen LogP contribution in [0.1, 0.15) is 16.1 Å². The second-order valence-corrected chi connectivity index (χ2v) is 3.50. The van der Waals surface area contributed by atoms with E-state index in [1.165, 1.54) is 6.92 Å². The van der Waals surface area contributed by atoms with Gasteiger partial charge in [-0.15, -0.1) is 0 Å². The Bertz CT molecular complexity index is 682. The third kappa shape index (κ3) is 1.59. The number of fused-ring (bicyclic) bond motifs is 1. The van der Waals surface area contributed by atoms with Crippen LogP contribution >= 0.6 is 0 Å². The molecule has 0 unspecified atom stereocenters. The summed E-state index contributed by atoms with van der Waals surface area (Å²) < 4.78 is 5.12. The largest absolute Gasteiger partial charge is 0.504 e. The fraction of sp³-hybridized carbons (Fsp3) is 0.0909. The van der Waals surface area contributed by atoms with Gasteiger partial charge in [0.05, 0.1) is 5.39 Å². The highest BCUT2D eigenvalue weighted by atomic mass is 16.4. The van der Waals surface area contributed by atoms with E-state index in [1.54, 1.807) is 0 Å². The van der Waals surface area contributed by atoms with Gasteiger partial charge in [-0.1, -0.05) is 0 Å². The first-order chi connectivity index (χ1) is 7.91. The van der Waals surface area contributed by atoms with E-state index in [0.717, 1.165) is 12.1 Å². The fourth-order valence-corrected chi connectivity index (χ4v) is 1.58. The van der Waals surface area contributed by atoms with Crippen molar-refractivity contribution in [2.75, 3.05) is 0 Å². The van der Waals surface area contributed by atoms with Crippen molar-refractivity contribution >= 4 is 16.9 Å². The fourth-order valence-electron chi connectivity index (χ4n) is 1.58. The van der Waals surface area contributed by atoms with Gasteiger partial charge >= 0.3 is 5.97 Å². The van der Waals surface area contributed by atoms with Crippen LogP contribution < -0.4 is 5.43 Å². The lowest BCUT2D eigenvalue weighted by Gasteiger charge is -2.04. The van der Waals surface area contributed by atoms with Crippen LogP contribution in [-0.4, -0.2) is 21.3 Å². The summed E-state index contributed by atoms with van der Waals surface area (Å²) in [5.74, 6) is -2.40. The van der Waals surface area contributed by atoms with Gasteiger partial charge in [0.25, 0.3) is 0 Å². The highest BCUT2D eigenvalue weighted by Crippen LogP contribution is 2.29. The number of hydrogen-bond acceptors (Lipinski definition) is 5. The summed E-state index contributed by atoms with van der Waals surface area (Å²) in [4.78, 5) is 22.7. The normalized spacial score (nSPS) is 10.6. The second-order valence-electron chi connectivity index (χ2n) is 3.50. The smallest absolute Gasteiger partial charge is 0.343 e. The molecule has 88 valence electrons. The van der Waals surface area contributed by atoms with Crippen LogP contribution in [0.3, 0.4) is 0 Å². The number of phenolic OH excluding ortho intramolecular Hbond substituents is 2. The van der Waals surface area contributed by atoms with E-state index in [9.17, 15) is 19.8 Å². The minimum atomic E-state index is -1.40. The van der Waals surface area contributed by atoms with Gasteiger partial charge in [0, 0.05) is 6.07 Å². The van der Waals surface area contributed by atoms with Gasteiger partial charge in [-0.05, 0) is 13.0 Å². The van der Waals surface area contributed by atoms with E-state index >= 15 is 0 Å². The van der Waals surface area contributed by atoms with Crippen LogP contribution in [0.25, 0.3) is 11.0 Å². The Balaban J connectivity index is 2.98. The first-order valence-corrected chi connectivity index (χ1v) is 4.64. The van der Waals surface area contributed by atoms with Crippen molar-refractivity contribution in [3.05, 3.63) is 33.7 Å². The number of carbonyl (C=O) groups is 1. The minimum Gasteiger partial charge on any atom is -0.504 e. The Labute approximate surface area is 94.4 Å². The van der Waals surface area contributed by atoms with Crippen molar-refractivity contribution in [3.8, 4) is 11.5 Å².